The highest BCUT2D eigenvalue weighted by Crippen LogP contribution is 2.44. The zero-order valence-corrected chi connectivity index (χ0v) is 23.7. The molecule has 2 N–H and O–H groups in total. The average molecular weight is 600 g/mol. The minimum Gasteiger partial charge on any atom is -0.508 e. The number of methoxy groups -OCH3 is 1. The highest BCUT2D eigenvalue weighted by Gasteiger charge is 2.48. The van der Waals surface area contributed by atoms with Crippen LogP contribution in [0.3, 0.4) is 0 Å². The predicted molar refractivity (Wildman–Crippen MR) is 159 cm³/mol. The van der Waals surface area contributed by atoms with Crippen LogP contribution in [0, 0.1) is 5.82 Å². The molecule has 1 aliphatic heterocycles. The first-order chi connectivity index (χ1) is 20.4. The summed E-state index contributed by atoms with van der Waals surface area (Å²) < 4.78 is 20.0. The second-order valence-corrected chi connectivity index (χ2v) is 11.6. The van der Waals surface area contributed by atoms with Crippen molar-refractivity contribution >= 4 is 56.5 Å². The van der Waals surface area contributed by atoms with Gasteiger partial charge in [-0.3, -0.25) is 14.5 Å². The van der Waals surface area contributed by atoms with E-state index in [4.69, 9.17) is 4.74 Å². The van der Waals surface area contributed by atoms with E-state index in [1.807, 2.05) is 36.4 Å². The van der Waals surface area contributed by atoms with Crippen molar-refractivity contribution in [2.75, 3.05) is 12.0 Å². The summed E-state index contributed by atoms with van der Waals surface area (Å²) in [4.78, 5) is 28.0. The van der Waals surface area contributed by atoms with E-state index in [0.29, 0.717) is 15.7 Å². The summed E-state index contributed by atoms with van der Waals surface area (Å²) in [5, 5.41) is 32.0. The zero-order chi connectivity index (χ0) is 29.4. The number of amides is 1. The quantitative estimate of drug-likeness (QED) is 0.0721. The SMILES string of the molecule is COc1ccc(C(O)=C2C(=O)C(=O)N(c3nnc(SCc4cccc5ccccc45)s3)[C@H]2c2ccc(O)cc2)cc1F. The molecule has 4 aromatic carbocycles. The Bertz CT molecular complexity index is 1870. The van der Waals surface area contributed by atoms with Gasteiger partial charge in [-0.15, -0.1) is 10.2 Å². The van der Waals surface area contributed by atoms with E-state index in [0.717, 1.165) is 33.7 Å². The number of halogens is 1. The van der Waals surface area contributed by atoms with Crippen molar-refractivity contribution in [1.82, 2.24) is 10.2 Å². The fraction of sp³-hybridized carbons (Fsp3) is 0.0968. The first-order valence-electron chi connectivity index (χ1n) is 12.7. The molecule has 1 fully saturated rings. The lowest BCUT2D eigenvalue weighted by atomic mass is 9.95. The first-order valence-corrected chi connectivity index (χ1v) is 14.5. The highest BCUT2D eigenvalue weighted by atomic mass is 32.2. The van der Waals surface area contributed by atoms with Gasteiger partial charge in [0, 0.05) is 11.3 Å². The van der Waals surface area contributed by atoms with Crippen LogP contribution in [0.4, 0.5) is 9.52 Å². The summed E-state index contributed by atoms with van der Waals surface area (Å²) in [6, 6.07) is 22.7. The van der Waals surface area contributed by atoms with Gasteiger partial charge in [-0.25, -0.2) is 4.39 Å². The number of aliphatic hydroxyl groups excluding tert-OH is 1. The number of phenols is 1. The maximum Gasteiger partial charge on any atom is 0.301 e. The minimum absolute atomic E-state index is 0.00123. The molecule has 6 rings (SSSR count). The molecule has 0 radical (unpaired) electrons. The smallest absolute Gasteiger partial charge is 0.301 e. The Hall–Kier alpha value is -4.74. The topological polar surface area (TPSA) is 113 Å². The van der Waals surface area contributed by atoms with Crippen LogP contribution >= 0.6 is 23.1 Å². The normalized spacial score (nSPS) is 16.3. The van der Waals surface area contributed by atoms with Crippen LogP contribution in [0.5, 0.6) is 11.5 Å². The number of aromatic nitrogens is 2. The van der Waals surface area contributed by atoms with Crippen molar-refractivity contribution in [2.24, 2.45) is 0 Å². The summed E-state index contributed by atoms with van der Waals surface area (Å²) in [5.74, 6) is -2.61. The molecule has 0 bridgehead atoms. The molecule has 11 heteroatoms. The number of phenolic OH excluding ortho intramolecular Hbond substituents is 1. The number of fused-ring (bicyclic) bond motifs is 1. The lowest BCUT2D eigenvalue weighted by molar-refractivity contribution is -0.132. The number of carbonyl (C=O) groups is 2. The lowest BCUT2D eigenvalue weighted by Gasteiger charge is -2.22. The fourth-order valence-electron chi connectivity index (χ4n) is 4.89. The molecular weight excluding hydrogens is 577 g/mol. The van der Waals surface area contributed by atoms with Gasteiger partial charge < -0.3 is 14.9 Å². The van der Waals surface area contributed by atoms with Gasteiger partial charge >= 0.3 is 5.91 Å². The molecule has 42 heavy (non-hydrogen) atoms. The van der Waals surface area contributed by atoms with Crippen molar-refractivity contribution in [3.63, 3.8) is 0 Å². The number of aliphatic hydroxyl groups is 1. The standard InChI is InChI=1S/C31H22FN3O5S2/c1-40-24-14-11-19(15-23(24)32)27(37)25-26(18-9-12-21(36)13-10-18)35(29(39)28(25)38)30-33-34-31(42-30)41-16-20-7-4-6-17-5-2-3-8-22(17)20/h2-15,26,36-37H,16H2,1H3/t26-/m0/s1. The third kappa shape index (κ3) is 4.97. The second kappa shape index (κ2) is 11.3. The van der Waals surface area contributed by atoms with Gasteiger partial charge in [-0.1, -0.05) is 77.7 Å². The van der Waals surface area contributed by atoms with Crippen molar-refractivity contribution in [2.45, 2.75) is 16.1 Å². The third-order valence-corrected chi connectivity index (χ3v) is 9.02. The van der Waals surface area contributed by atoms with Gasteiger partial charge in [0.15, 0.2) is 15.9 Å². The van der Waals surface area contributed by atoms with Gasteiger partial charge in [-0.05, 0) is 52.2 Å². The Morgan fingerprint density at radius 1 is 1.02 bits per heavy atom. The lowest BCUT2D eigenvalue weighted by Crippen LogP contribution is -2.29. The maximum absolute atomic E-state index is 14.5. The van der Waals surface area contributed by atoms with Crippen LogP contribution < -0.4 is 9.64 Å². The number of nitrogens with zero attached hydrogens (tertiary/aromatic N) is 3. The summed E-state index contributed by atoms with van der Waals surface area (Å²) in [5.41, 5.74) is 1.31. The van der Waals surface area contributed by atoms with Crippen molar-refractivity contribution in [3.8, 4) is 11.5 Å². The number of Topliss-reactive ketones (excluding diaryl/α,β-unsaturated/α-hetero) is 1. The number of ketones is 1. The number of rotatable bonds is 7. The Kier molecular flexibility index (Phi) is 7.36. The van der Waals surface area contributed by atoms with Gasteiger partial charge in [0.25, 0.3) is 5.78 Å². The van der Waals surface area contributed by atoms with Crippen molar-refractivity contribution < 1.29 is 28.9 Å². The average Bonchev–Trinajstić information content (AvgIpc) is 3.57. The van der Waals surface area contributed by atoms with E-state index in [9.17, 15) is 24.2 Å². The van der Waals surface area contributed by atoms with E-state index in [1.54, 1.807) is 0 Å². The summed E-state index contributed by atoms with van der Waals surface area (Å²) in [7, 11) is 1.31. The van der Waals surface area contributed by atoms with Gasteiger partial charge in [0.05, 0.1) is 18.7 Å². The maximum atomic E-state index is 14.5. The van der Waals surface area contributed by atoms with Crippen LogP contribution in [0.1, 0.15) is 22.7 Å². The van der Waals surface area contributed by atoms with Crippen LogP contribution in [-0.2, 0) is 15.3 Å². The molecule has 1 atom stereocenters. The first kappa shape index (κ1) is 27.4. The number of carbonyl (C=O) groups excluding carboxylic acids is 2. The number of benzene rings is 4. The van der Waals surface area contributed by atoms with Crippen LogP contribution in [-0.4, -0.2) is 39.2 Å². The zero-order valence-electron chi connectivity index (χ0n) is 22.0. The summed E-state index contributed by atoms with van der Waals surface area (Å²) >= 11 is 2.59. The van der Waals surface area contributed by atoms with E-state index in [2.05, 4.69) is 16.3 Å². The van der Waals surface area contributed by atoms with E-state index in [-0.39, 0.29) is 27.8 Å². The Morgan fingerprint density at radius 2 is 1.79 bits per heavy atom. The van der Waals surface area contributed by atoms with Gasteiger partial charge in [-0.2, -0.15) is 0 Å². The number of hydrogen-bond donors (Lipinski definition) is 2. The molecule has 1 aliphatic rings. The Labute approximate surface area is 247 Å². The molecule has 0 unspecified atom stereocenters. The number of aromatic hydroxyl groups is 1. The molecule has 0 aliphatic carbocycles. The van der Waals surface area contributed by atoms with Crippen molar-refractivity contribution in [1.29, 1.82) is 0 Å². The van der Waals surface area contributed by atoms with Crippen molar-refractivity contribution in [3.05, 3.63) is 113 Å². The molecule has 2 heterocycles. The monoisotopic (exact) mass is 599 g/mol. The van der Waals surface area contributed by atoms with E-state index < -0.39 is 29.3 Å². The fourth-order valence-corrected chi connectivity index (χ4v) is 6.76. The molecule has 0 spiro atoms. The number of anilines is 1. The molecule has 210 valence electrons. The molecule has 8 nitrogen and oxygen atoms in total. The molecule has 1 amide bonds. The molecule has 5 aromatic rings. The van der Waals surface area contributed by atoms with Gasteiger partial charge in [0.2, 0.25) is 5.13 Å². The number of ether oxygens (including phenoxy) is 1. The van der Waals surface area contributed by atoms with Crippen LogP contribution in [0.2, 0.25) is 0 Å². The number of thioether (sulfide) groups is 1. The predicted octanol–water partition coefficient (Wildman–Crippen LogP) is 6.46. The summed E-state index contributed by atoms with van der Waals surface area (Å²) in [6.07, 6.45) is 0. The third-order valence-electron chi connectivity index (χ3n) is 6.91. The molecular formula is C31H22FN3O5S2. The molecule has 1 saturated heterocycles. The molecule has 1 aromatic heterocycles. The minimum atomic E-state index is -1.10. The second-order valence-electron chi connectivity index (χ2n) is 9.39. The van der Waals surface area contributed by atoms with Crippen LogP contribution in [0.15, 0.2) is 94.8 Å². The Balaban J connectivity index is 1.37. The van der Waals surface area contributed by atoms with E-state index >= 15 is 0 Å². The largest absolute Gasteiger partial charge is 0.508 e. The summed E-state index contributed by atoms with van der Waals surface area (Å²) in [6.45, 7) is 0. The van der Waals surface area contributed by atoms with E-state index in [1.165, 1.54) is 60.2 Å². The number of hydrogen-bond acceptors (Lipinski definition) is 9. The van der Waals surface area contributed by atoms with Gasteiger partial charge in [0.1, 0.15) is 11.5 Å². The highest BCUT2D eigenvalue weighted by molar-refractivity contribution is 8.00. The Morgan fingerprint density at radius 3 is 2.55 bits per heavy atom. The molecule has 0 saturated carbocycles. The van der Waals surface area contributed by atoms with Crippen LogP contribution in [0.25, 0.3) is 16.5 Å².